The lowest BCUT2D eigenvalue weighted by atomic mass is 10.1. The average Bonchev–Trinajstić information content (AvgIpc) is 2.51. The van der Waals surface area contributed by atoms with E-state index in [9.17, 15) is 9.18 Å². The molecule has 3 aromatic rings. The largest absolute Gasteiger partial charge is 0.398 e. The van der Waals surface area contributed by atoms with E-state index in [2.05, 4.69) is 20.9 Å². The van der Waals surface area contributed by atoms with Gasteiger partial charge in [-0.15, -0.1) is 0 Å². The molecule has 0 radical (unpaired) electrons. The Morgan fingerprint density at radius 1 is 1.35 bits per heavy atom. The van der Waals surface area contributed by atoms with Crippen molar-refractivity contribution in [3.63, 3.8) is 0 Å². The molecule has 2 aromatic carbocycles. The SMILES string of the molecule is CC(c1cc(Cl)ccc1F)n1c(=O)cnc2cc(N)c(Br)cc21. The van der Waals surface area contributed by atoms with Crippen LogP contribution in [0, 0.1) is 5.82 Å². The van der Waals surface area contributed by atoms with E-state index in [1.54, 1.807) is 19.1 Å². The summed E-state index contributed by atoms with van der Waals surface area (Å²) in [5.74, 6) is -0.423. The maximum atomic E-state index is 14.2. The highest BCUT2D eigenvalue weighted by molar-refractivity contribution is 9.10. The maximum Gasteiger partial charge on any atom is 0.270 e. The predicted octanol–water partition coefficient (Wildman–Crippen LogP) is 4.14. The summed E-state index contributed by atoms with van der Waals surface area (Å²) in [6.07, 6.45) is 1.20. The van der Waals surface area contributed by atoms with E-state index >= 15 is 0 Å². The van der Waals surface area contributed by atoms with Gasteiger partial charge in [0.05, 0.1) is 23.3 Å². The Hall–Kier alpha value is -1.92. The van der Waals surface area contributed by atoms with Gasteiger partial charge >= 0.3 is 0 Å². The summed E-state index contributed by atoms with van der Waals surface area (Å²) in [7, 11) is 0. The third kappa shape index (κ3) is 2.84. The average molecular weight is 397 g/mol. The number of hydrogen-bond donors (Lipinski definition) is 1. The van der Waals surface area contributed by atoms with Gasteiger partial charge in [0.2, 0.25) is 0 Å². The van der Waals surface area contributed by atoms with E-state index in [4.69, 9.17) is 17.3 Å². The van der Waals surface area contributed by atoms with Crippen LogP contribution in [-0.4, -0.2) is 9.55 Å². The molecule has 0 aliphatic carbocycles. The molecule has 1 heterocycles. The van der Waals surface area contributed by atoms with Gasteiger partial charge in [-0.05, 0) is 53.2 Å². The predicted molar refractivity (Wildman–Crippen MR) is 93.3 cm³/mol. The molecule has 0 aliphatic heterocycles. The number of fused-ring (bicyclic) bond motifs is 1. The van der Waals surface area contributed by atoms with Gasteiger partial charge in [0, 0.05) is 20.7 Å². The van der Waals surface area contributed by atoms with Crippen LogP contribution in [0.15, 0.2) is 45.8 Å². The van der Waals surface area contributed by atoms with Crippen LogP contribution < -0.4 is 11.3 Å². The molecule has 1 aromatic heterocycles. The number of rotatable bonds is 2. The van der Waals surface area contributed by atoms with Crippen molar-refractivity contribution in [3.8, 4) is 0 Å². The lowest BCUT2D eigenvalue weighted by Crippen LogP contribution is -2.25. The van der Waals surface area contributed by atoms with Gasteiger partial charge in [0.1, 0.15) is 5.82 Å². The molecule has 3 rings (SSSR count). The molecule has 1 unspecified atom stereocenters. The van der Waals surface area contributed by atoms with Crippen LogP contribution in [0.4, 0.5) is 10.1 Å². The second kappa shape index (κ2) is 5.94. The van der Waals surface area contributed by atoms with Crippen LogP contribution in [0.1, 0.15) is 18.5 Å². The fourth-order valence-corrected chi connectivity index (χ4v) is 3.05. The van der Waals surface area contributed by atoms with Gasteiger partial charge in [-0.3, -0.25) is 9.36 Å². The zero-order valence-electron chi connectivity index (χ0n) is 12.1. The minimum absolute atomic E-state index is 0.332. The van der Waals surface area contributed by atoms with Crippen LogP contribution in [0.5, 0.6) is 0 Å². The van der Waals surface area contributed by atoms with Gasteiger partial charge in [-0.2, -0.15) is 0 Å². The molecule has 2 N–H and O–H groups in total. The van der Waals surface area contributed by atoms with Crippen molar-refractivity contribution in [1.82, 2.24) is 9.55 Å². The molecule has 0 aliphatic rings. The van der Waals surface area contributed by atoms with Crippen molar-refractivity contribution in [3.05, 3.63) is 67.8 Å². The van der Waals surface area contributed by atoms with Crippen LogP contribution in [0.25, 0.3) is 11.0 Å². The van der Waals surface area contributed by atoms with E-state index in [0.29, 0.717) is 31.8 Å². The molecule has 1 atom stereocenters. The van der Waals surface area contributed by atoms with Crippen molar-refractivity contribution in [2.45, 2.75) is 13.0 Å². The first-order valence-corrected chi connectivity index (χ1v) is 7.97. The maximum absolute atomic E-state index is 14.2. The van der Waals surface area contributed by atoms with E-state index in [0.717, 1.165) is 0 Å². The van der Waals surface area contributed by atoms with E-state index in [1.807, 2.05) is 0 Å². The molecular weight excluding hydrogens is 385 g/mol. The van der Waals surface area contributed by atoms with E-state index < -0.39 is 11.9 Å². The van der Waals surface area contributed by atoms with Crippen LogP contribution in [0.3, 0.4) is 0 Å². The number of hydrogen-bond acceptors (Lipinski definition) is 3. The molecule has 23 heavy (non-hydrogen) atoms. The van der Waals surface area contributed by atoms with Gasteiger partial charge in [-0.25, -0.2) is 9.37 Å². The zero-order valence-corrected chi connectivity index (χ0v) is 14.4. The summed E-state index contributed by atoms with van der Waals surface area (Å²) >= 11 is 9.31. The lowest BCUT2D eigenvalue weighted by molar-refractivity contribution is 0.556. The first-order valence-electron chi connectivity index (χ1n) is 6.79. The van der Waals surface area contributed by atoms with Crippen LogP contribution >= 0.6 is 27.5 Å². The van der Waals surface area contributed by atoms with Crippen LogP contribution in [0.2, 0.25) is 5.02 Å². The Balaban J connectivity index is 2.30. The lowest BCUT2D eigenvalue weighted by Gasteiger charge is -2.19. The molecule has 0 fully saturated rings. The minimum Gasteiger partial charge on any atom is -0.398 e. The zero-order chi connectivity index (χ0) is 16.7. The summed E-state index contributed by atoms with van der Waals surface area (Å²) in [4.78, 5) is 16.4. The Kier molecular flexibility index (Phi) is 4.12. The van der Waals surface area contributed by atoms with Crippen molar-refractivity contribution in [2.75, 3.05) is 5.73 Å². The summed E-state index contributed by atoms with van der Waals surface area (Å²) in [5.41, 5.74) is 7.48. The third-order valence-electron chi connectivity index (χ3n) is 3.70. The van der Waals surface area contributed by atoms with E-state index in [1.165, 1.54) is 29.0 Å². The van der Waals surface area contributed by atoms with Gasteiger partial charge < -0.3 is 5.73 Å². The Morgan fingerprint density at radius 3 is 2.83 bits per heavy atom. The standard InChI is InChI=1S/C16H12BrClFN3O/c1-8(10-4-9(18)2-3-12(10)19)22-15-5-11(17)13(20)6-14(15)21-7-16(22)23/h2-8H,20H2,1H3. The number of benzene rings is 2. The number of aromatic nitrogens is 2. The molecule has 118 valence electrons. The summed E-state index contributed by atoms with van der Waals surface area (Å²) in [5, 5.41) is 0.407. The highest BCUT2D eigenvalue weighted by Gasteiger charge is 2.18. The van der Waals surface area contributed by atoms with Gasteiger partial charge in [0.15, 0.2) is 0 Å². The molecule has 0 saturated carbocycles. The summed E-state index contributed by atoms with van der Waals surface area (Å²) in [6.45, 7) is 1.74. The Labute approximate surface area is 144 Å². The molecule has 0 spiro atoms. The topological polar surface area (TPSA) is 60.9 Å². The summed E-state index contributed by atoms with van der Waals surface area (Å²) in [6, 6.07) is 7.09. The molecule has 0 saturated heterocycles. The minimum atomic E-state index is -0.553. The molecule has 4 nitrogen and oxygen atoms in total. The monoisotopic (exact) mass is 395 g/mol. The molecule has 0 amide bonds. The van der Waals surface area contributed by atoms with Crippen LogP contribution in [-0.2, 0) is 0 Å². The smallest absolute Gasteiger partial charge is 0.270 e. The Morgan fingerprint density at radius 2 is 2.09 bits per heavy atom. The first kappa shape index (κ1) is 16.0. The second-order valence-corrected chi connectivity index (χ2v) is 6.46. The fourth-order valence-electron chi connectivity index (χ4n) is 2.54. The van der Waals surface area contributed by atoms with Gasteiger partial charge in [-0.1, -0.05) is 11.6 Å². The molecule has 7 heteroatoms. The molecule has 0 bridgehead atoms. The van der Waals surface area contributed by atoms with E-state index in [-0.39, 0.29) is 5.56 Å². The van der Waals surface area contributed by atoms with Crippen molar-refractivity contribution in [2.24, 2.45) is 0 Å². The second-order valence-electron chi connectivity index (χ2n) is 5.17. The van der Waals surface area contributed by atoms with Crippen molar-refractivity contribution < 1.29 is 4.39 Å². The quantitative estimate of drug-likeness (QED) is 0.662. The summed E-state index contributed by atoms with van der Waals surface area (Å²) < 4.78 is 16.3. The number of nitrogens with two attached hydrogens (primary N) is 1. The number of anilines is 1. The highest BCUT2D eigenvalue weighted by Crippen LogP contribution is 2.29. The van der Waals surface area contributed by atoms with Crippen molar-refractivity contribution >= 4 is 44.3 Å². The normalized spacial score (nSPS) is 12.5. The first-order chi connectivity index (χ1) is 10.9. The fraction of sp³-hybridized carbons (Fsp3) is 0.125. The van der Waals surface area contributed by atoms with Crippen molar-refractivity contribution in [1.29, 1.82) is 0 Å². The Bertz CT molecular complexity index is 973. The third-order valence-corrected chi connectivity index (χ3v) is 4.62. The number of halogens is 3. The highest BCUT2D eigenvalue weighted by atomic mass is 79.9. The number of nitrogens with zero attached hydrogens (tertiary/aromatic N) is 2. The number of nitrogen functional groups attached to an aromatic ring is 1. The molecular formula is C16H12BrClFN3O. The van der Waals surface area contributed by atoms with Gasteiger partial charge in [0.25, 0.3) is 5.56 Å².